The van der Waals surface area contributed by atoms with E-state index >= 15 is 0 Å². The average molecular weight is 191 g/mol. The lowest BCUT2D eigenvalue weighted by Gasteiger charge is -2.26. The predicted molar refractivity (Wildman–Crippen MR) is 45.0 cm³/mol. The maximum atomic E-state index is 11.3. The van der Waals surface area contributed by atoms with Crippen LogP contribution in [0.15, 0.2) is 12.2 Å². The minimum atomic E-state index is -0.382. The Morgan fingerprint density at radius 1 is 1.18 bits per heavy atom. The fraction of sp³-hybridized carbons (Fsp3) is 0.625. The van der Waals surface area contributed by atoms with E-state index in [4.69, 9.17) is 23.2 Å². The van der Waals surface area contributed by atoms with Crippen molar-refractivity contribution in [1.29, 1.82) is 0 Å². The lowest BCUT2D eigenvalue weighted by Crippen LogP contribution is -2.38. The molecule has 4 unspecified atom stereocenters. The zero-order valence-electron chi connectivity index (χ0n) is 5.84. The number of ketones is 1. The largest absolute Gasteiger partial charge is 0.296 e. The number of rotatable bonds is 0. The van der Waals surface area contributed by atoms with Crippen LogP contribution in [0.25, 0.3) is 0 Å². The van der Waals surface area contributed by atoms with Crippen LogP contribution in [0.1, 0.15) is 6.42 Å². The number of halogens is 2. The molecule has 0 radical (unpaired) electrons. The van der Waals surface area contributed by atoms with Gasteiger partial charge in [-0.2, -0.15) is 0 Å². The van der Waals surface area contributed by atoms with Crippen molar-refractivity contribution >= 4 is 29.0 Å². The third kappa shape index (κ3) is 1.02. The summed E-state index contributed by atoms with van der Waals surface area (Å²) in [6.45, 7) is 0. The van der Waals surface area contributed by atoms with E-state index in [0.29, 0.717) is 0 Å². The summed E-state index contributed by atoms with van der Waals surface area (Å²) in [4.78, 5) is 11.3. The Balaban J connectivity index is 2.29. The summed E-state index contributed by atoms with van der Waals surface area (Å²) in [5, 5.41) is -0.764. The molecule has 1 saturated carbocycles. The molecule has 2 aliphatic carbocycles. The number of carbonyl (C=O) groups is 1. The van der Waals surface area contributed by atoms with Crippen molar-refractivity contribution in [2.24, 2.45) is 11.8 Å². The molecule has 0 N–H and O–H groups in total. The minimum absolute atomic E-state index is 0.000386. The molecule has 0 amide bonds. The number of hydrogen-bond acceptors (Lipinski definition) is 1. The average Bonchev–Trinajstić information content (AvgIpc) is 2.44. The number of fused-ring (bicyclic) bond motifs is 2. The van der Waals surface area contributed by atoms with Crippen molar-refractivity contribution in [2.45, 2.75) is 17.2 Å². The van der Waals surface area contributed by atoms with Crippen molar-refractivity contribution in [2.75, 3.05) is 0 Å². The topological polar surface area (TPSA) is 17.1 Å². The second-order valence-corrected chi connectivity index (χ2v) is 4.09. The van der Waals surface area contributed by atoms with E-state index in [-0.39, 0.29) is 28.4 Å². The molecule has 0 aliphatic heterocycles. The lowest BCUT2D eigenvalue weighted by molar-refractivity contribution is -0.120. The molecule has 1 fully saturated rings. The number of allylic oxidation sites excluding steroid dienone is 2. The highest BCUT2D eigenvalue weighted by atomic mass is 35.5. The summed E-state index contributed by atoms with van der Waals surface area (Å²) in [6, 6.07) is 0. The van der Waals surface area contributed by atoms with Gasteiger partial charge in [0.15, 0.2) is 5.78 Å². The van der Waals surface area contributed by atoms with Gasteiger partial charge in [-0.25, -0.2) is 0 Å². The maximum absolute atomic E-state index is 11.3. The molecule has 60 valence electrons. The van der Waals surface area contributed by atoms with Crippen LogP contribution in [0, 0.1) is 11.8 Å². The first-order valence-electron chi connectivity index (χ1n) is 3.70. The van der Waals surface area contributed by atoms with E-state index in [9.17, 15) is 4.79 Å². The normalized spacial score (nSPS) is 48.4. The van der Waals surface area contributed by atoms with Crippen LogP contribution in [0.4, 0.5) is 0 Å². The third-order valence-electron chi connectivity index (χ3n) is 2.45. The molecule has 0 aromatic heterocycles. The summed E-state index contributed by atoms with van der Waals surface area (Å²) in [5.74, 6) is 0.480. The van der Waals surface area contributed by atoms with Crippen molar-refractivity contribution in [3.8, 4) is 0 Å². The first-order valence-corrected chi connectivity index (χ1v) is 4.57. The molecule has 0 aromatic carbocycles. The molecule has 0 saturated heterocycles. The van der Waals surface area contributed by atoms with Gasteiger partial charge in [0, 0.05) is 11.8 Å². The van der Waals surface area contributed by atoms with Crippen molar-refractivity contribution < 1.29 is 4.79 Å². The lowest BCUT2D eigenvalue weighted by atomic mass is 9.86. The van der Waals surface area contributed by atoms with Gasteiger partial charge in [-0.05, 0) is 6.42 Å². The molecule has 2 rings (SSSR count). The van der Waals surface area contributed by atoms with Gasteiger partial charge in [-0.3, -0.25) is 4.79 Å². The molecule has 3 heteroatoms. The van der Waals surface area contributed by atoms with Crippen molar-refractivity contribution in [3.63, 3.8) is 0 Å². The standard InChI is InChI=1S/C8H8Cl2O/c9-6-4-1-2-5(3-4)7(10)8(6)11/h1-2,4-7H,3H2. The number of carbonyl (C=O) groups excluding carboxylic acids is 1. The van der Waals surface area contributed by atoms with E-state index in [1.165, 1.54) is 0 Å². The molecule has 2 bridgehead atoms. The zero-order chi connectivity index (χ0) is 8.01. The molecular formula is C8H8Cl2O. The number of Topliss-reactive ketones (excluding diaryl/α,β-unsaturated/α-hetero) is 1. The van der Waals surface area contributed by atoms with Crippen molar-refractivity contribution in [1.82, 2.24) is 0 Å². The second-order valence-electron chi connectivity index (χ2n) is 3.15. The van der Waals surface area contributed by atoms with Crippen LogP contribution in [-0.4, -0.2) is 16.5 Å². The van der Waals surface area contributed by atoms with E-state index in [2.05, 4.69) is 0 Å². The van der Waals surface area contributed by atoms with Gasteiger partial charge in [0.25, 0.3) is 0 Å². The summed E-state index contributed by atoms with van der Waals surface area (Å²) >= 11 is 11.7. The minimum Gasteiger partial charge on any atom is -0.296 e. The van der Waals surface area contributed by atoms with Crippen molar-refractivity contribution in [3.05, 3.63) is 12.2 Å². The first-order chi connectivity index (χ1) is 5.20. The quantitative estimate of drug-likeness (QED) is 0.422. The molecule has 0 heterocycles. The highest BCUT2D eigenvalue weighted by Gasteiger charge is 2.42. The second kappa shape index (κ2) is 2.49. The Bertz CT molecular complexity index is 204. The van der Waals surface area contributed by atoms with Gasteiger partial charge in [-0.1, -0.05) is 12.2 Å². The van der Waals surface area contributed by atoms with Gasteiger partial charge >= 0.3 is 0 Å². The van der Waals surface area contributed by atoms with E-state index < -0.39 is 0 Å². The Morgan fingerprint density at radius 3 is 2.09 bits per heavy atom. The van der Waals surface area contributed by atoms with Crippen LogP contribution in [0.3, 0.4) is 0 Å². The van der Waals surface area contributed by atoms with Gasteiger partial charge in [-0.15, -0.1) is 23.2 Å². The van der Waals surface area contributed by atoms with E-state index in [1.807, 2.05) is 12.2 Å². The SMILES string of the molecule is O=C1C(Cl)C2C=CC(C2)C1Cl. The summed E-state index contributed by atoms with van der Waals surface area (Å²) in [6.07, 6.45) is 4.99. The Hall–Kier alpha value is -0.0100. The van der Waals surface area contributed by atoms with Gasteiger partial charge in [0.05, 0.1) is 10.8 Å². The highest BCUT2D eigenvalue weighted by molar-refractivity contribution is 6.41. The zero-order valence-corrected chi connectivity index (χ0v) is 7.35. The van der Waals surface area contributed by atoms with Crippen LogP contribution < -0.4 is 0 Å². The van der Waals surface area contributed by atoms with E-state index in [1.54, 1.807) is 0 Å². The Kier molecular flexibility index (Phi) is 1.73. The third-order valence-corrected chi connectivity index (χ3v) is 3.52. The summed E-state index contributed by atoms with van der Waals surface area (Å²) in [5.41, 5.74) is 0. The molecule has 0 aromatic rings. The van der Waals surface area contributed by atoms with Crippen LogP contribution in [0.2, 0.25) is 0 Å². The van der Waals surface area contributed by atoms with Crippen LogP contribution in [0.5, 0.6) is 0 Å². The first kappa shape index (κ1) is 7.63. The molecule has 11 heavy (non-hydrogen) atoms. The molecular weight excluding hydrogens is 183 g/mol. The fourth-order valence-corrected chi connectivity index (χ4v) is 2.47. The Morgan fingerprint density at radius 2 is 1.64 bits per heavy atom. The Labute approximate surface area is 75.4 Å². The fourth-order valence-electron chi connectivity index (χ4n) is 1.76. The number of hydrogen-bond donors (Lipinski definition) is 0. The van der Waals surface area contributed by atoms with Gasteiger partial charge in [0.2, 0.25) is 0 Å². The highest BCUT2D eigenvalue weighted by Crippen LogP contribution is 2.39. The maximum Gasteiger partial charge on any atom is 0.169 e. The van der Waals surface area contributed by atoms with Crippen LogP contribution in [-0.2, 0) is 4.79 Å². The summed E-state index contributed by atoms with van der Waals surface area (Å²) < 4.78 is 0. The van der Waals surface area contributed by atoms with Gasteiger partial charge in [0.1, 0.15) is 0 Å². The predicted octanol–water partition coefficient (Wildman–Crippen LogP) is 1.98. The van der Waals surface area contributed by atoms with E-state index in [0.717, 1.165) is 6.42 Å². The molecule has 2 aliphatic rings. The number of alkyl halides is 2. The molecule has 1 nitrogen and oxygen atoms in total. The van der Waals surface area contributed by atoms with Gasteiger partial charge < -0.3 is 0 Å². The monoisotopic (exact) mass is 190 g/mol. The molecule has 0 spiro atoms. The van der Waals surface area contributed by atoms with Crippen LogP contribution >= 0.6 is 23.2 Å². The molecule has 4 atom stereocenters. The summed E-state index contributed by atoms with van der Waals surface area (Å²) in [7, 11) is 0. The smallest absolute Gasteiger partial charge is 0.169 e.